The van der Waals surface area contributed by atoms with Crippen LogP contribution < -0.4 is 4.90 Å². The van der Waals surface area contributed by atoms with Crippen LogP contribution in [-0.4, -0.2) is 24.3 Å². The Kier molecular flexibility index (Phi) is 3.29. The number of aliphatic hydroxyl groups is 1. The molecule has 1 saturated carbocycles. The fourth-order valence-electron chi connectivity index (χ4n) is 3.17. The molecular formula is C16H23NO. The highest BCUT2D eigenvalue weighted by molar-refractivity contribution is 5.59. The van der Waals surface area contributed by atoms with Crippen LogP contribution >= 0.6 is 0 Å². The second-order valence-electron chi connectivity index (χ2n) is 6.01. The molecule has 1 aliphatic heterocycles. The Balaban J connectivity index is 1.71. The molecule has 1 aliphatic carbocycles. The molecule has 0 radical (unpaired) electrons. The second kappa shape index (κ2) is 4.93. The van der Waals surface area contributed by atoms with Crippen LogP contribution in [0, 0.1) is 5.92 Å². The van der Waals surface area contributed by atoms with Crippen LogP contribution in [0.15, 0.2) is 18.2 Å². The number of hydrogen-bond donors (Lipinski definition) is 1. The first-order valence-corrected chi connectivity index (χ1v) is 7.27. The minimum Gasteiger partial charge on any atom is -0.393 e. The average Bonchev–Trinajstić information content (AvgIpc) is 2.65. The van der Waals surface area contributed by atoms with Crippen LogP contribution in [-0.2, 0) is 12.8 Å². The lowest BCUT2D eigenvalue weighted by Crippen LogP contribution is -2.31. The summed E-state index contributed by atoms with van der Waals surface area (Å²) in [4.78, 5) is 2.56. The maximum Gasteiger partial charge on any atom is 0.0552 e. The van der Waals surface area contributed by atoms with Crippen LogP contribution in [0.1, 0.15) is 37.3 Å². The first-order chi connectivity index (χ1) is 8.72. The van der Waals surface area contributed by atoms with Gasteiger partial charge in [-0.15, -0.1) is 0 Å². The van der Waals surface area contributed by atoms with Crippen molar-refractivity contribution in [1.29, 1.82) is 0 Å². The highest BCUT2D eigenvalue weighted by Crippen LogP contribution is 2.34. The van der Waals surface area contributed by atoms with Gasteiger partial charge in [0.25, 0.3) is 0 Å². The first kappa shape index (κ1) is 12.0. The Morgan fingerprint density at radius 1 is 1.39 bits per heavy atom. The summed E-state index contributed by atoms with van der Waals surface area (Å²) in [5.74, 6) is 0.938. The number of anilines is 1. The number of aliphatic hydroxyl groups excluding tert-OH is 1. The van der Waals surface area contributed by atoms with Crippen molar-refractivity contribution in [1.82, 2.24) is 0 Å². The van der Waals surface area contributed by atoms with Crippen LogP contribution in [0.25, 0.3) is 0 Å². The second-order valence-corrected chi connectivity index (χ2v) is 6.01. The van der Waals surface area contributed by atoms with E-state index in [1.807, 2.05) is 6.92 Å². The van der Waals surface area contributed by atoms with Gasteiger partial charge in [-0.05, 0) is 55.7 Å². The van der Waals surface area contributed by atoms with E-state index < -0.39 is 0 Å². The number of benzene rings is 1. The third kappa shape index (κ3) is 2.39. The van der Waals surface area contributed by atoms with Gasteiger partial charge in [0.1, 0.15) is 0 Å². The van der Waals surface area contributed by atoms with Gasteiger partial charge in [-0.1, -0.05) is 18.6 Å². The molecule has 1 aromatic carbocycles. The summed E-state index contributed by atoms with van der Waals surface area (Å²) in [5, 5.41) is 9.45. The summed E-state index contributed by atoms with van der Waals surface area (Å²) >= 11 is 0. The minimum atomic E-state index is -0.240. The number of hydrogen-bond acceptors (Lipinski definition) is 2. The van der Waals surface area contributed by atoms with Gasteiger partial charge in [0.05, 0.1) is 6.10 Å². The lowest BCUT2D eigenvalue weighted by atomic mass is 9.85. The van der Waals surface area contributed by atoms with E-state index >= 15 is 0 Å². The van der Waals surface area contributed by atoms with E-state index in [0.717, 1.165) is 12.3 Å². The number of rotatable bonds is 4. The molecule has 1 fully saturated rings. The summed E-state index contributed by atoms with van der Waals surface area (Å²) in [5.41, 5.74) is 4.19. The average molecular weight is 245 g/mol. The SMILES string of the molecule is CC(O)Cc1ccc2c(c1)CCN2CC1CCC1. The zero-order chi connectivity index (χ0) is 12.5. The summed E-state index contributed by atoms with van der Waals surface area (Å²) in [6.45, 7) is 4.29. The third-order valence-corrected chi connectivity index (χ3v) is 4.37. The largest absolute Gasteiger partial charge is 0.393 e. The molecule has 0 aromatic heterocycles. The van der Waals surface area contributed by atoms with Crippen molar-refractivity contribution >= 4 is 5.69 Å². The fraction of sp³-hybridized carbons (Fsp3) is 0.625. The zero-order valence-electron chi connectivity index (χ0n) is 11.2. The van der Waals surface area contributed by atoms with E-state index in [-0.39, 0.29) is 6.10 Å². The molecule has 0 spiro atoms. The summed E-state index contributed by atoms with van der Waals surface area (Å²) < 4.78 is 0. The van der Waals surface area contributed by atoms with Crippen molar-refractivity contribution in [2.24, 2.45) is 5.92 Å². The Bertz CT molecular complexity index is 423. The molecule has 2 heteroatoms. The van der Waals surface area contributed by atoms with Crippen molar-refractivity contribution < 1.29 is 5.11 Å². The van der Waals surface area contributed by atoms with Crippen LogP contribution in [0.5, 0.6) is 0 Å². The highest BCUT2D eigenvalue weighted by atomic mass is 16.3. The molecule has 1 atom stereocenters. The fourth-order valence-corrected chi connectivity index (χ4v) is 3.17. The van der Waals surface area contributed by atoms with E-state index in [2.05, 4.69) is 23.1 Å². The molecule has 0 saturated heterocycles. The monoisotopic (exact) mass is 245 g/mol. The van der Waals surface area contributed by atoms with Crippen LogP contribution in [0.2, 0.25) is 0 Å². The van der Waals surface area contributed by atoms with Gasteiger partial charge in [0.2, 0.25) is 0 Å². The van der Waals surface area contributed by atoms with E-state index in [9.17, 15) is 5.11 Å². The molecule has 0 amide bonds. The molecule has 0 bridgehead atoms. The summed E-state index contributed by atoms with van der Waals surface area (Å²) in [7, 11) is 0. The predicted molar refractivity (Wildman–Crippen MR) is 75.1 cm³/mol. The van der Waals surface area contributed by atoms with Crippen molar-refractivity contribution in [3.8, 4) is 0 Å². The van der Waals surface area contributed by atoms with Crippen molar-refractivity contribution in [3.05, 3.63) is 29.3 Å². The minimum absolute atomic E-state index is 0.240. The smallest absolute Gasteiger partial charge is 0.0552 e. The zero-order valence-corrected chi connectivity index (χ0v) is 11.2. The van der Waals surface area contributed by atoms with Gasteiger partial charge in [-0.2, -0.15) is 0 Å². The molecule has 1 N–H and O–H groups in total. The van der Waals surface area contributed by atoms with Gasteiger partial charge in [0.15, 0.2) is 0 Å². The van der Waals surface area contributed by atoms with E-state index in [0.29, 0.717) is 0 Å². The normalized spacial score (nSPS) is 20.7. The summed E-state index contributed by atoms with van der Waals surface area (Å²) in [6, 6.07) is 6.74. The van der Waals surface area contributed by atoms with Gasteiger partial charge < -0.3 is 10.0 Å². The quantitative estimate of drug-likeness (QED) is 0.881. The maximum absolute atomic E-state index is 9.45. The molecule has 2 aliphatic rings. The van der Waals surface area contributed by atoms with E-state index in [4.69, 9.17) is 0 Å². The molecular weight excluding hydrogens is 222 g/mol. The van der Waals surface area contributed by atoms with Crippen molar-refractivity contribution in [2.75, 3.05) is 18.0 Å². The van der Waals surface area contributed by atoms with Crippen LogP contribution in [0.3, 0.4) is 0 Å². The van der Waals surface area contributed by atoms with Crippen molar-refractivity contribution in [3.63, 3.8) is 0 Å². The highest BCUT2D eigenvalue weighted by Gasteiger charge is 2.25. The third-order valence-electron chi connectivity index (χ3n) is 4.37. The maximum atomic E-state index is 9.45. The van der Waals surface area contributed by atoms with Crippen molar-refractivity contribution in [2.45, 2.75) is 45.1 Å². The topological polar surface area (TPSA) is 23.5 Å². The predicted octanol–water partition coefficient (Wildman–Crippen LogP) is 2.77. The number of fused-ring (bicyclic) bond motifs is 1. The Hall–Kier alpha value is -1.02. The lowest BCUT2D eigenvalue weighted by Gasteiger charge is -2.31. The summed E-state index contributed by atoms with van der Waals surface area (Å²) in [6.07, 6.45) is 5.98. The molecule has 1 heterocycles. The lowest BCUT2D eigenvalue weighted by molar-refractivity contribution is 0.195. The Morgan fingerprint density at radius 2 is 2.22 bits per heavy atom. The molecule has 2 nitrogen and oxygen atoms in total. The first-order valence-electron chi connectivity index (χ1n) is 7.27. The van der Waals surface area contributed by atoms with Crippen LogP contribution in [0.4, 0.5) is 5.69 Å². The number of nitrogens with zero attached hydrogens (tertiary/aromatic N) is 1. The standard InChI is InChI=1S/C16H23NO/c1-12(18)9-14-5-6-16-15(10-14)7-8-17(16)11-13-3-2-4-13/h5-6,10,12-13,18H,2-4,7-9,11H2,1H3. The van der Waals surface area contributed by atoms with Gasteiger partial charge >= 0.3 is 0 Å². The molecule has 1 aromatic rings. The van der Waals surface area contributed by atoms with Gasteiger partial charge in [-0.3, -0.25) is 0 Å². The van der Waals surface area contributed by atoms with E-state index in [1.54, 1.807) is 0 Å². The molecule has 1 unspecified atom stereocenters. The molecule has 18 heavy (non-hydrogen) atoms. The van der Waals surface area contributed by atoms with Gasteiger partial charge in [-0.25, -0.2) is 0 Å². The molecule has 98 valence electrons. The Morgan fingerprint density at radius 3 is 2.89 bits per heavy atom. The van der Waals surface area contributed by atoms with Gasteiger partial charge in [0, 0.05) is 18.8 Å². The van der Waals surface area contributed by atoms with E-state index in [1.165, 1.54) is 55.6 Å². The molecule has 3 rings (SSSR count). The Labute approximate surface area is 110 Å².